The van der Waals surface area contributed by atoms with Crippen LogP contribution < -0.4 is 20.6 Å². The van der Waals surface area contributed by atoms with Gasteiger partial charge in [0.2, 0.25) is 12.0 Å². The van der Waals surface area contributed by atoms with E-state index >= 15 is 0 Å². The average Bonchev–Trinajstić information content (AvgIpc) is 2.89. The second kappa shape index (κ2) is 9.05. The average molecular weight is 464 g/mol. The van der Waals surface area contributed by atoms with Crippen LogP contribution in [0.4, 0.5) is 0 Å². The molecule has 0 saturated carbocycles. The van der Waals surface area contributed by atoms with Crippen LogP contribution in [0.5, 0.6) is 11.5 Å². The van der Waals surface area contributed by atoms with Crippen molar-refractivity contribution in [1.29, 1.82) is 0 Å². The number of rotatable bonds is 4. The van der Waals surface area contributed by atoms with E-state index in [9.17, 15) is 19.2 Å². The number of ether oxygens (including phenoxy) is 2. The lowest BCUT2D eigenvalue weighted by Crippen LogP contribution is -2.55. The Labute approximate surface area is 194 Å². The lowest BCUT2D eigenvalue weighted by molar-refractivity contribution is -0.146. The van der Waals surface area contributed by atoms with Gasteiger partial charge in [-0.15, -0.1) is 0 Å². The molecule has 0 aliphatic carbocycles. The number of fused-ring (bicyclic) bond motifs is 2. The van der Waals surface area contributed by atoms with Crippen molar-refractivity contribution in [2.24, 2.45) is 0 Å². The van der Waals surface area contributed by atoms with Gasteiger partial charge < -0.3 is 19.3 Å². The third-order valence-corrected chi connectivity index (χ3v) is 6.16. The van der Waals surface area contributed by atoms with E-state index in [-0.39, 0.29) is 42.5 Å². The van der Waals surface area contributed by atoms with Crippen LogP contribution in [0, 0.1) is 0 Å². The molecule has 1 N–H and O–H groups in total. The number of hydrogen-bond acceptors (Lipinski definition) is 6. The number of hydrogen-bond donors (Lipinski definition) is 1. The van der Waals surface area contributed by atoms with Crippen LogP contribution in [0.1, 0.15) is 6.42 Å². The maximum atomic E-state index is 12.9. The summed E-state index contributed by atoms with van der Waals surface area (Å²) in [4.78, 5) is 53.8. The lowest BCUT2D eigenvalue weighted by atomic mass is 10.2. The molecular weight excluding hydrogens is 440 g/mol. The maximum Gasteiger partial charge on any atom is 0.273 e. The number of H-pyrrole nitrogens is 1. The van der Waals surface area contributed by atoms with Crippen molar-refractivity contribution in [3.8, 4) is 11.5 Å². The van der Waals surface area contributed by atoms with Crippen LogP contribution >= 0.6 is 0 Å². The minimum Gasteiger partial charge on any atom is -0.485 e. The molecule has 3 aromatic rings. The van der Waals surface area contributed by atoms with E-state index < -0.39 is 6.10 Å². The fourth-order valence-electron chi connectivity index (χ4n) is 4.29. The standard InChI is InChI=1S/C24H24N4O6/c29-21(9-10-28-23(31)17-6-2-1-5-16(17)22(30)25-28)26-11-13-27(14-12-26)24(32)20-15-33-18-7-3-4-8-19(18)34-20/h1-8,20H,9-15H2,(H,25,30)/t20-/m0/s1. The number of carbonyl (C=O) groups is 2. The maximum absolute atomic E-state index is 12.9. The summed E-state index contributed by atoms with van der Waals surface area (Å²) in [6.45, 7) is 1.77. The van der Waals surface area contributed by atoms with Crippen molar-refractivity contribution in [3.05, 3.63) is 69.2 Å². The van der Waals surface area contributed by atoms with Crippen LogP contribution in [0.2, 0.25) is 0 Å². The molecule has 2 amide bonds. The molecule has 1 saturated heterocycles. The van der Waals surface area contributed by atoms with Gasteiger partial charge in [0.05, 0.1) is 17.3 Å². The van der Waals surface area contributed by atoms with Gasteiger partial charge in [0.1, 0.15) is 6.61 Å². The SMILES string of the molecule is O=C(CCn1[nH]c(=O)c2ccccc2c1=O)N1CCN(C(=O)[C@@H]2COc3ccccc3O2)CC1. The molecule has 1 fully saturated rings. The van der Waals surface area contributed by atoms with Crippen molar-refractivity contribution in [2.45, 2.75) is 19.1 Å². The van der Waals surface area contributed by atoms with Gasteiger partial charge in [0, 0.05) is 32.6 Å². The van der Waals surface area contributed by atoms with Crippen LogP contribution in [-0.2, 0) is 16.1 Å². The monoisotopic (exact) mass is 464 g/mol. The number of para-hydroxylation sites is 2. The van der Waals surface area contributed by atoms with Gasteiger partial charge in [-0.1, -0.05) is 24.3 Å². The van der Waals surface area contributed by atoms with E-state index in [0.29, 0.717) is 48.5 Å². The number of amides is 2. The van der Waals surface area contributed by atoms with Crippen molar-refractivity contribution in [2.75, 3.05) is 32.8 Å². The third kappa shape index (κ3) is 4.14. The summed E-state index contributed by atoms with van der Waals surface area (Å²) < 4.78 is 12.6. The second-order valence-corrected chi connectivity index (χ2v) is 8.26. The molecule has 2 aliphatic rings. The fraction of sp³-hybridized carbons (Fsp3) is 0.333. The van der Waals surface area contributed by atoms with Gasteiger partial charge in [-0.25, -0.2) is 4.68 Å². The molecule has 5 rings (SSSR count). The summed E-state index contributed by atoms with van der Waals surface area (Å²) >= 11 is 0. The molecule has 10 heteroatoms. The van der Waals surface area contributed by atoms with Crippen LogP contribution in [0.3, 0.4) is 0 Å². The van der Waals surface area contributed by atoms with Crippen molar-refractivity contribution in [3.63, 3.8) is 0 Å². The molecule has 1 atom stereocenters. The fourth-order valence-corrected chi connectivity index (χ4v) is 4.29. The summed E-state index contributed by atoms with van der Waals surface area (Å²) in [7, 11) is 0. The van der Waals surface area contributed by atoms with E-state index in [0.717, 1.165) is 0 Å². The number of aryl methyl sites for hydroxylation is 1. The summed E-state index contributed by atoms with van der Waals surface area (Å²) in [6, 6.07) is 13.8. The molecule has 0 bridgehead atoms. The van der Waals surface area contributed by atoms with Crippen LogP contribution in [0.15, 0.2) is 58.1 Å². The predicted octanol–water partition coefficient (Wildman–Crippen LogP) is 0.591. The number of nitrogens with one attached hydrogen (secondary N) is 1. The molecule has 176 valence electrons. The van der Waals surface area contributed by atoms with Gasteiger partial charge >= 0.3 is 0 Å². The quantitative estimate of drug-likeness (QED) is 0.605. The Kier molecular flexibility index (Phi) is 5.79. The van der Waals surface area contributed by atoms with E-state index in [1.165, 1.54) is 4.68 Å². The summed E-state index contributed by atoms with van der Waals surface area (Å²) in [5.74, 6) is 0.859. The summed E-state index contributed by atoms with van der Waals surface area (Å²) in [6.07, 6.45) is -0.646. The molecule has 0 unspecified atom stereocenters. The Morgan fingerprint density at radius 2 is 1.53 bits per heavy atom. The molecule has 0 spiro atoms. The summed E-state index contributed by atoms with van der Waals surface area (Å²) in [5, 5.41) is 3.19. The molecule has 34 heavy (non-hydrogen) atoms. The van der Waals surface area contributed by atoms with Crippen molar-refractivity contribution >= 4 is 22.6 Å². The minimum absolute atomic E-state index is 0.0679. The normalized spacial score (nSPS) is 17.6. The molecule has 1 aromatic heterocycles. The number of carbonyl (C=O) groups excluding carboxylic acids is 2. The van der Waals surface area contributed by atoms with E-state index in [4.69, 9.17) is 9.47 Å². The largest absolute Gasteiger partial charge is 0.485 e. The first-order chi connectivity index (χ1) is 16.5. The van der Waals surface area contributed by atoms with E-state index in [2.05, 4.69) is 5.10 Å². The Bertz CT molecular complexity index is 1360. The highest BCUT2D eigenvalue weighted by atomic mass is 16.6. The van der Waals surface area contributed by atoms with Gasteiger partial charge in [-0.3, -0.25) is 24.3 Å². The van der Waals surface area contributed by atoms with E-state index in [1.54, 1.807) is 46.2 Å². The molecule has 10 nitrogen and oxygen atoms in total. The Balaban J connectivity index is 1.16. The van der Waals surface area contributed by atoms with Gasteiger partial charge in [0.25, 0.3) is 17.0 Å². The zero-order valence-electron chi connectivity index (χ0n) is 18.4. The molecule has 2 aliphatic heterocycles. The minimum atomic E-state index is -0.714. The topological polar surface area (TPSA) is 114 Å². The highest BCUT2D eigenvalue weighted by Crippen LogP contribution is 2.31. The predicted molar refractivity (Wildman–Crippen MR) is 123 cm³/mol. The first-order valence-electron chi connectivity index (χ1n) is 11.2. The zero-order valence-corrected chi connectivity index (χ0v) is 18.4. The number of aromatic amines is 1. The van der Waals surface area contributed by atoms with Crippen molar-refractivity contribution in [1.82, 2.24) is 19.6 Å². The third-order valence-electron chi connectivity index (χ3n) is 6.16. The molecule has 2 aromatic carbocycles. The lowest BCUT2D eigenvalue weighted by Gasteiger charge is -2.37. The van der Waals surface area contributed by atoms with Crippen LogP contribution in [0.25, 0.3) is 10.8 Å². The van der Waals surface area contributed by atoms with Gasteiger partial charge in [-0.05, 0) is 24.3 Å². The molecular formula is C24H24N4O6. The Hall–Kier alpha value is -4.08. The Morgan fingerprint density at radius 1 is 0.882 bits per heavy atom. The first kappa shape index (κ1) is 21.7. The van der Waals surface area contributed by atoms with Gasteiger partial charge in [0.15, 0.2) is 11.5 Å². The number of piperazine rings is 1. The van der Waals surface area contributed by atoms with Crippen LogP contribution in [-0.4, -0.2) is 70.3 Å². The summed E-state index contributed by atoms with van der Waals surface area (Å²) in [5.41, 5.74) is -0.707. The molecule has 0 radical (unpaired) electrons. The highest BCUT2D eigenvalue weighted by molar-refractivity contribution is 5.83. The number of benzene rings is 2. The molecule has 3 heterocycles. The second-order valence-electron chi connectivity index (χ2n) is 8.26. The van der Waals surface area contributed by atoms with Crippen molar-refractivity contribution < 1.29 is 19.1 Å². The number of nitrogens with zero attached hydrogens (tertiary/aromatic N) is 3. The highest BCUT2D eigenvalue weighted by Gasteiger charge is 2.33. The Morgan fingerprint density at radius 3 is 2.29 bits per heavy atom. The van der Waals surface area contributed by atoms with Gasteiger partial charge in [-0.2, -0.15) is 0 Å². The smallest absolute Gasteiger partial charge is 0.273 e. The zero-order chi connectivity index (χ0) is 23.7. The first-order valence-corrected chi connectivity index (χ1v) is 11.2. The number of aromatic nitrogens is 2. The van der Waals surface area contributed by atoms with E-state index in [1.807, 2.05) is 12.1 Å².